The molecule has 156 valence electrons. The molecule has 0 radical (unpaired) electrons. The number of rotatable bonds is 8. The van der Waals surface area contributed by atoms with Crippen molar-refractivity contribution in [3.8, 4) is 5.75 Å². The molecular formula is C19H19F3N2O4S. The summed E-state index contributed by atoms with van der Waals surface area (Å²) in [6.07, 6.45) is -2.90. The van der Waals surface area contributed by atoms with Crippen molar-refractivity contribution in [2.75, 3.05) is 6.54 Å². The Kier molecular flexibility index (Phi) is 6.13. The molecule has 10 heteroatoms. The van der Waals surface area contributed by atoms with Gasteiger partial charge < -0.3 is 10.1 Å². The van der Waals surface area contributed by atoms with Crippen LogP contribution in [0.25, 0.3) is 0 Å². The predicted octanol–water partition coefficient (Wildman–Crippen LogP) is 3.13. The SMILES string of the molecule is O=C(CNS(=O)(=O)c1ccc(OC(F)(F)F)cc1)NC(c1ccccc1)C1CC1. The number of hydrogen-bond donors (Lipinski definition) is 2. The van der Waals surface area contributed by atoms with E-state index in [4.69, 9.17) is 0 Å². The van der Waals surface area contributed by atoms with E-state index in [1.165, 1.54) is 0 Å². The molecule has 1 fully saturated rings. The minimum Gasteiger partial charge on any atom is -0.406 e. The summed E-state index contributed by atoms with van der Waals surface area (Å²) in [5, 5.41) is 2.84. The largest absolute Gasteiger partial charge is 0.573 e. The minimum absolute atomic E-state index is 0.188. The van der Waals surface area contributed by atoms with Crippen LogP contribution in [0.15, 0.2) is 59.5 Å². The van der Waals surface area contributed by atoms with E-state index < -0.39 is 34.6 Å². The minimum atomic E-state index is -4.87. The molecule has 29 heavy (non-hydrogen) atoms. The van der Waals surface area contributed by atoms with E-state index in [-0.39, 0.29) is 10.9 Å². The Labute approximate surface area is 166 Å². The summed E-state index contributed by atoms with van der Waals surface area (Å²) in [7, 11) is -4.07. The molecule has 0 saturated heterocycles. The van der Waals surface area contributed by atoms with Crippen molar-refractivity contribution >= 4 is 15.9 Å². The normalized spacial score (nSPS) is 15.6. The third-order valence-electron chi connectivity index (χ3n) is 4.36. The van der Waals surface area contributed by atoms with Crippen LogP contribution in [-0.4, -0.2) is 27.2 Å². The van der Waals surface area contributed by atoms with E-state index in [0.29, 0.717) is 5.92 Å². The van der Waals surface area contributed by atoms with Crippen molar-refractivity contribution < 1.29 is 31.1 Å². The number of amides is 1. The van der Waals surface area contributed by atoms with Gasteiger partial charge in [0.15, 0.2) is 0 Å². The number of benzene rings is 2. The Morgan fingerprint density at radius 3 is 2.24 bits per heavy atom. The monoisotopic (exact) mass is 428 g/mol. The molecule has 0 heterocycles. The van der Waals surface area contributed by atoms with Gasteiger partial charge in [-0.1, -0.05) is 30.3 Å². The molecule has 2 N–H and O–H groups in total. The fraction of sp³-hybridized carbons (Fsp3) is 0.316. The van der Waals surface area contributed by atoms with Crippen molar-refractivity contribution in [1.82, 2.24) is 10.0 Å². The quantitative estimate of drug-likeness (QED) is 0.677. The lowest BCUT2D eigenvalue weighted by atomic mass is 10.0. The highest BCUT2D eigenvalue weighted by atomic mass is 32.2. The topological polar surface area (TPSA) is 84.5 Å². The van der Waals surface area contributed by atoms with Gasteiger partial charge in [0.2, 0.25) is 15.9 Å². The zero-order valence-corrected chi connectivity index (χ0v) is 16.0. The van der Waals surface area contributed by atoms with Crippen LogP contribution in [0.3, 0.4) is 0 Å². The summed E-state index contributed by atoms with van der Waals surface area (Å²) in [6, 6.07) is 12.9. The summed E-state index contributed by atoms with van der Waals surface area (Å²) in [4.78, 5) is 12.0. The average Bonchev–Trinajstić information content (AvgIpc) is 3.49. The summed E-state index contributed by atoms with van der Waals surface area (Å²) >= 11 is 0. The fourth-order valence-corrected chi connectivity index (χ4v) is 3.83. The van der Waals surface area contributed by atoms with Crippen molar-refractivity contribution in [2.45, 2.75) is 30.1 Å². The van der Waals surface area contributed by atoms with Crippen LogP contribution in [0.4, 0.5) is 13.2 Å². The first-order valence-corrected chi connectivity index (χ1v) is 10.3. The van der Waals surface area contributed by atoms with Crippen LogP contribution < -0.4 is 14.8 Å². The van der Waals surface area contributed by atoms with Gasteiger partial charge in [0, 0.05) is 0 Å². The fourth-order valence-electron chi connectivity index (χ4n) is 2.85. The number of ether oxygens (including phenoxy) is 1. The molecule has 0 spiro atoms. The van der Waals surface area contributed by atoms with Crippen LogP contribution >= 0.6 is 0 Å². The molecule has 1 amide bonds. The summed E-state index contributed by atoms with van der Waals surface area (Å²) in [6.45, 7) is -0.487. The Morgan fingerprint density at radius 1 is 1.07 bits per heavy atom. The second-order valence-electron chi connectivity index (χ2n) is 6.64. The maximum atomic E-state index is 12.3. The number of hydrogen-bond acceptors (Lipinski definition) is 4. The van der Waals surface area contributed by atoms with Crippen molar-refractivity contribution in [2.24, 2.45) is 5.92 Å². The Hall–Kier alpha value is -2.59. The van der Waals surface area contributed by atoms with Gasteiger partial charge in [-0.3, -0.25) is 4.79 Å². The maximum Gasteiger partial charge on any atom is 0.573 e. The summed E-state index contributed by atoms with van der Waals surface area (Å²) < 4.78 is 66.9. The first-order valence-electron chi connectivity index (χ1n) is 8.84. The van der Waals surface area contributed by atoms with Crippen molar-refractivity contribution in [3.05, 3.63) is 60.2 Å². The van der Waals surface area contributed by atoms with Gasteiger partial charge in [-0.2, -0.15) is 0 Å². The molecule has 1 atom stereocenters. The molecule has 0 aliphatic heterocycles. The third-order valence-corrected chi connectivity index (χ3v) is 5.78. The van der Waals surface area contributed by atoms with Crippen LogP contribution in [0.1, 0.15) is 24.4 Å². The lowest BCUT2D eigenvalue weighted by molar-refractivity contribution is -0.274. The molecule has 1 aliphatic rings. The molecule has 1 aliphatic carbocycles. The summed E-state index contributed by atoms with van der Waals surface area (Å²) in [5.41, 5.74) is 0.950. The average molecular weight is 428 g/mol. The number of sulfonamides is 1. The second kappa shape index (κ2) is 8.42. The summed E-state index contributed by atoms with van der Waals surface area (Å²) in [5.74, 6) is -0.713. The molecule has 2 aromatic rings. The number of nitrogens with one attached hydrogen (secondary N) is 2. The molecule has 1 saturated carbocycles. The van der Waals surface area contributed by atoms with Crippen LogP contribution in [0.5, 0.6) is 5.75 Å². The number of alkyl halides is 3. The van der Waals surface area contributed by atoms with Crippen LogP contribution in [0, 0.1) is 5.92 Å². The maximum absolute atomic E-state index is 12.3. The van der Waals surface area contributed by atoms with Gasteiger partial charge in [-0.05, 0) is 48.6 Å². The second-order valence-corrected chi connectivity index (χ2v) is 8.40. The first kappa shape index (κ1) is 21.1. The molecule has 0 aromatic heterocycles. The van der Waals surface area contributed by atoms with E-state index in [1.807, 2.05) is 30.3 Å². The number of halogens is 3. The van der Waals surface area contributed by atoms with Gasteiger partial charge in [0.1, 0.15) is 5.75 Å². The van der Waals surface area contributed by atoms with E-state index in [1.54, 1.807) is 0 Å². The highest BCUT2D eigenvalue weighted by Gasteiger charge is 2.33. The Morgan fingerprint density at radius 2 is 1.69 bits per heavy atom. The van der Waals surface area contributed by atoms with E-state index in [9.17, 15) is 26.4 Å². The smallest absolute Gasteiger partial charge is 0.406 e. The lowest BCUT2D eigenvalue weighted by Crippen LogP contribution is -2.39. The number of carbonyl (C=O) groups is 1. The highest BCUT2D eigenvalue weighted by molar-refractivity contribution is 7.89. The van der Waals surface area contributed by atoms with Gasteiger partial charge >= 0.3 is 6.36 Å². The van der Waals surface area contributed by atoms with Gasteiger partial charge in [0.25, 0.3) is 0 Å². The molecule has 2 aromatic carbocycles. The lowest BCUT2D eigenvalue weighted by Gasteiger charge is -2.19. The van der Waals surface area contributed by atoms with Crippen molar-refractivity contribution in [1.29, 1.82) is 0 Å². The molecule has 1 unspecified atom stereocenters. The van der Waals surface area contributed by atoms with Crippen LogP contribution in [-0.2, 0) is 14.8 Å². The standard InChI is InChI=1S/C19H19F3N2O4S/c20-19(21,22)28-15-8-10-16(11-9-15)29(26,27)23-12-17(25)24-18(14-6-7-14)13-4-2-1-3-5-13/h1-5,8-11,14,18,23H,6-7,12H2,(H,24,25). The zero-order chi connectivity index (χ0) is 21.1. The predicted molar refractivity (Wildman–Crippen MR) is 98.4 cm³/mol. The van der Waals surface area contributed by atoms with Crippen molar-refractivity contribution in [3.63, 3.8) is 0 Å². The molecule has 3 rings (SSSR count). The zero-order valence-electron chi connectivity index (χ0n) is 15.1. The molecule has 0 bridgehead atoms. The third kappa shape index (κ3) is 6.20. The first-order chi connectivity index (χ1) is 13.6. The van der Waals surface area contributed by atoms with Gasteiger partial charge in [-0.25, -0.2) is 13.1 Å². The molecular weight excluding hydrogens is 409 g/mol. The Bertz CT molecular complexity index is 944. The van der Waals surface area contributed by atoms with E-state index in [0.717, 1.165) is 42.7 Å². The van der Waals surface area contributed by atoms with E-state index >= 15 is 0 Å². The highest BCUT2D eigenvalue weighted by Crippen LogP contribution is 2.40. The van der Waals surface area contributed by atoms with Crippen LogP contribution in [0.2, 0.25) is 0 Å². The molecule has 6 nitrogen and oxygen atoms in total. The van der Waals surface area contributed by atoms with Gasteiger partial charge in [-0.15, -0.1) is 13.2 Å². The van der Waals surface area contributed by atoms with E-state index in [2.05, 4.69) is 14.8 Å². The van der Waals surface area contributed by atoms with Gasteiger partial charge in [0.05, 0.1) is 17.5 Å². The Balaban J connectivity index is 1.58. The number of carbonyl (C=O) groups excluding carboxylic acids is 1.